The molecule has 0 aliphatic carbocycles. The van der Waals surface area contributed by atoms with E-state index < -0.39 is 17.5 Å². The van der Waals surface area contributed by atoms with Gasteiger partial charge in [-0.05, 0) is 18.9 Å². The third-order valence-corrected chi connectivity index (χ3v) is 3.96. The van der Waals surface area contributed by atoms with Crippen LogP contribution in [-0.2, 0) is 35.0 Å². The fourth-order valence-electron chi connectivity index (χ4n) is 2.83. The molecule has 0 atom stereocenters. The van der Waals surface area contributed by atoms with E-state index in [2.05, 4.69) is 0 Å². The molecule has 0 unspecified atom stereocenters. The Hall–Kier alpha value is -2.05. The summed E-state index contributed by atoms with van der Waals surface area (Å²) < 4.78 is 16.1. The van der Waals surface area contributed by atoms with Gasteiger partial charge in [-0.15, -0.1) is 0 Å². The zero-order valence-electron chi connectivity index (χ0n) is 14.5. The fourth-order valence-corrected chi connectivity index (χ4v) is 2.83. The average molecular weight is 348 g/mol. The van der Waals surface area contributed by atoms with E-state index in [0.717, 1.165) is 5.56 Å². The molecule has 136 valence electrons. The van der Waals surface area contributed by atoms with Crippen LogP contribution >= 0.6 is 0 Å². The molecule has 0 aromatic heterocycles. The lowest BCUT2D eigenvalue weighted by Crippen LogP contribution is -2.34. The number of ether oxygens (including phenoxy) is 3. The molecule has 1 saturated heterocycles. The maximum Gasteiger partial charge on any atom is 0.313 e. The van der Waals surface area contributed by atoms with Gasteiger partial charge in [0, 0.05) is 6.42 Å². The Morgan fingerprint density at radius 3 is 2.36 bits per heavy atom. The monoisotopic (exact) mass is 348 g/mol. The van der Waals surface area contributed by atoms with Crippen LogP contribution in [0.3, 0.4) is 0 Å². The minimum Gasteiger partial charge on any atom is -0.466 e. The number of esters is 1. The van der Waals surface area contributed by atoms with Crippen LogP contribution in [0.15, 0.2) is 30.3 Å². The largest absolute Gasteiger partial charge is 0.466 e. The van der Waals surface area contributed by atoms with Gasteiger partial charge in [-0.3, -0.25) is 14.4 Å². The first-order valence-corrected chi connectivity index (χ1v) is 8.54. The molecule has 1 aliphatic rings. The van der Waals surface area contributed by atoms with Crippen LogP contribution in [0.4, 0.5) is 0 Å². The normalized spacial score (nSPS) is 15.7. The van der Waals surface area contributed by atoms with Crippen molar-refractivity contribution in [3.05, 3.63) is 35.9 Å². The number of Topliss-reactive ketones (excluding diaryl/α,β-unsaturated/α-hetero) is 2. The van der Waals surface area contributed by atoms with Crippen molar-refractivity contribution in [2.45, 2.75) is 44.8 Å². The molecule has 6 heteroatoms. The predicted molar refractivity (Wildman–Crippen MR) is 89.9 cm³/mol. The minimum atomic E-state index is -0.975. The zero-order valence-corrected chi connectivity index (χ0v) is 14.5. The molecule has 1 aliphatic heterocycles. The van der Waals surface area contributed by atoms with Crippen molar-refractivity contribution in [1.29, 1.82) is 0 Å². The highest BCUT2D eigenvalue weighted by Crippen LogP contribution is 2.29. The molecule has 2 rings (SSSR count). The number of ketones is 2. The van der Waals surface area contributed by atoms with E-state index >= 15 is 0 Å². The number of benzene rings is 1. The van der Waals surface area contributed by atoms with Crippen molar-refractivity contribution >= 4 is 17.5 Å². The Labute approximate surface area is 147 Å². The summed E-state index contributed by atoms with van der Waals surface area (Å²) in [7, 11) is 0. The van der Waals surface area contributed by atoms with Gasteiger partial charge < -0.3 is 14.2 Å². The number of carbonyl (C=O) groups excluding carboxylic acids is 3. The van der Waals surface area contributed by atoms with Gasteiger partial charge in [0.05, 0.1) is 32.7 Å². The van der Waals surface area contributed by atoms with Crippen molar-refractivity contribution in [1.82, 2.24) is 0 Å². The molecular formula is C19H24O6. The van der Waals surface area contributed by atoms with Crippen LogP contribution in [0.25, 0.3) is 0 Å². The highest BCUT2D eigenvalue weighted by Gasteiger charge is 2.38. The maximum absolute atomic E-state index is 12.2. The summed E-state index contributed by atoms with van der Waals surface area (Å²) in [6.07, 6.45) is 0.574. The van der Waals surface area contributed by atoms with Gasteiger partial charge in [-0.1, -0.05) is 30.3 Å². The number of hydrogen-bond donors (Lipinski definition) is 0. The standard InChI is InChI=1S/C19H24O6/c1-2-23-18(22)13-16(20)12-17(21)14-19(24-10-11-25-19)9-8-15-6-4-3-5-7-15/h3-7H,2,8-14H2,1H3. The first-order valence-electron chi connectivity index (χ1n) is 8.54. The predicted octanol–water partition coefficient (Wildman–Crippen LogP) is 2.23. The maximum atomic E-state index is 12.2. The summed E-state index contributed by atoms with van der Waals surface area (Å²) >= 11 is 0. The SMILES string of the molecule is CCOC(=O)CC(=O)CC(=O)CC1(CCc2ccccc2)OCCO1. The van der Waals surface area contributed by atoms with Gasteiger partial charge >= 0.3 is 5.97 Å². The van der Waals surface area contributed by atoms with Crippen molar-refractivity contribution < 1.29 is 28.6 Å². The molecule has 0 amide bonds. The number of carbonyl (C=O) groups is 3. The van der Waals surface area contributed by atoms with Crippen molar-refractivity contribution in [2.75, 3.05) is 19.8 Å². The van der Waals surface area contributed by atoms with Crippen LogP contribution in [-0.4, -0.2) is 43.1 Å². The second-order valence-corrected chi connectivity index (χ2v) is 6.01. The third-order valence-electron chi connectivity index (χ3n) is 3.96. The molecule has 25 heavy (non-hydrogen) atoms. The minimum absolute atomic E-state index is 0.00833. The van der Waals surface area contributed by atoms with Crippen LogP contribution in [0.2, 0.25) is 0 Å². The second kappa shape index (κ2) is 9.44. The zero-order chi connectivity index (χ0) is 18.1. The van der Waals surface area contributed by atoms with Crippen molar-refractivity contribution in [3.8, 4) is 0 Å². The van der Waals surface area contributed by atoms with E-state index in [1.165, 1.54) is 0 Å². The van der Waals surface area contributed by atoms with Crippen LogP contribution in [0, 0.1) is 0 Å². The molecular weight excluding hydrogens is 324 g/mol. The van der Waals surface area contributed by atoms with Crippen LogP contribution in [0.1, 0.15) is 38.2 Å². The fraction of sp³-hybridized carbons (Fsp3) is 0.526. The van der Waals surface area contributed by atoms with Gasteiger partial charge in [0.15, 0.2) is 11.6 Å². The van der Waals surface area contributed by atoms with E-state index in [1.807, 2.05) is 30.3 Å². The lowest BCUT2D eigenvalue weighted by Gasteiger charge is -2.26. The molecule has 0 radical (unpaired) electrons. The molecule has 1 aromatic carbocycles. The topological polar surface area (TPSA) is 78.9 Å². The summed E-state index contributed by atoms with van der Waals surface area (Å²) in [5.41, 5.74) is 1.13. The molecule has 6 nitrogen and oxygen atoms in total. The van der Waals surface area contributed by atoms with E-state index in [-0.39, 0.29) is 31.7 Å². The van der Waals surface area contributed by atoms with E-state index in [1.54, 1.807) is 6.92 Å². The average Bonchev–Trinajstić information content (AvgIpc) is 3.02. The lowest BCUT2D eigenvalue weighted by molar-refractivity contribution is -0.172. The first kappa shape index (κ1) is 19.3. The van der Waals surface area contributed by atoms with Crippen molar-refractivity contribution in [3.63, 3.8) is 0 Å². The molecule has 0 spiro atoms. The first-order chi connectivity index (χ1) is 12.0. The lowest BCUT2D eigenvalue weighted by atomic mass is 9.97. The number of hydrogen-bond acceptors (Lipinski definition) is 6. The number of rotatable bonds is 10. The molecule has 0 N–H and O–H groups in total. The van der Waals surface area contributed by atoms with Crippen molar-refractivity contribution in [2.24, 2.45) is 0 Å². The van der Waals surface area contributed by atoms with Crippen LogP contribution < -0.4 is 0 Å². The summed E-state index contributed by atoms with van der Waals surface area (Å²) in [5, 5.41) is 0. The van der Waals surface area contributed by atoms with E-state index in [0.29, 0.717) is 26.1 Å². The molecule has 1 aromatic rings. The molecule has 1 heterocycles. The Morgan fingerprint density at radius 2 is 1.72 bits per heavy atom. The summed E-state index contributed by atoms with van der Waals surface area (Å²) in [6, 6.07) is 9.87. The highest BCUT2D eigenvalue weighted by molar-refractivity contribution is 6.05. The Bertz CT molecular complexity index is 589. The third kappa shape index (κ3) is 6.40. The van der Waals surface area contributed by atoms with Gasteiger partial charge in [0.25, 0.3) is 0 Å². The van der Waals surface area contributed by atoms with Gasteiger partial charge in [0.2, 0.25) is 0 Å². The van der Waals surface area contributed by atoms with Gasteiger partial charge in [0.1, 0.15) is 12.2 Å². The molecule has 1 fully saturated rings. The van der Waals surface area contributed by atoms with E-state index in [4.69, 9.17) is 14.2 Å². The van der Waals surface area contributed by atoms with Gasteiger partial charge in [-0.2, -0.15) is 0 Å². The van der Waals surface area contributed by atoms with Crippen LogP contribution in [0.5, 0.6) is 0 Å². The Kier molecular flexibility index (Phi) is 7.28. The molecule has 0 saturated carbocycles. The number of aryl methyl sites for hydroxylation is 1. The smallest absolute Gasteiger partial charge is 0.313 e. The van der Waals surface area contributed by atoms with Gasteiger partial charge in [-0.25, -0.2) is 0 Å². The molecule has 0 bridgehead atoms. The Balaban J connectivity index is 1.86. The van der Waals surface area contributed by atoms with E-state index in [9.17, 15) is 14.4 Å². The Morgan fingerprint density at radius 1 is 1.04 bits per heavy atom. The quantitative estimate of drug-likeness (QED) is 0.477. The summed E-state index contributed by atoms with van der Waals surface area (Å²) in [5.74, 6) is -2.31. The summed E-state index contributed by atoms with van der Waals surface area (Å²) in [4.78, 5) is 35.3. The highest BCUT2D eigenvalue weighted by atomic mass is 16.7. The summed E-state index contributed by atoms with van der Waals surface area (Å²) in [6.45, 7) is 2.74. The second-order valence-electron chi connectivity index (χ2n) is 6.01.